The molecule has 6 nitrogen and oxygen atoms in total. The number of nitrogens with zero attached hydrogens (tertiary/aromatic N) is 6. The molecule has 230 valence electrons. The monoisotopic (exact) mass is 646 g/mol. The Morgan fingerprint density at radius 1 is 0.265 bits per heavy atom. The van der Waals surface area contributed by atoms with E-state index >= 15 is 0 Å². The number of fused-ring (bicyclic) bond motifs is 3. The van der Waals surface area contributed by atoms with Crippen molar-refractivity contribution < 1.29 is 0 Å². The van der Waals surface area contributed by atoms with Crippen molar-refractivity contribution in [2.24, 2.45) is 0 Å². The summed E-state index contributed by atoms with van der Waals surface area (Å²) in [5.74, 6) is 3.81. The number of benzene rings is 6. The molecule has 0 aliphatic rings. The van der Waals surface area contributed by atoms with Crippen LogP contribution in [0.3, 0.4) is 0 Å². The number of aromatic nitrogens is 6. The first kappa shape index (κ1) is 28.8. The van der Waals surface area contributed by atoms with Crippen LogP contribution in [0.1, 0.15) is 0 Å². The Bertz CT molecular complexity index is 2290. The van der Waals surface area contributed by atoms with Crippen LogP contribution in [0.15, 0.2) is 158 Å². The smallest absolute Gasteiger partial charge is 0.164 e. The molecule has 0 aliphatic heterocycles. The first-order chi connectivity index (χ1) is 24.2. The molecule has 0 bridgehead atoms. The summed E-state index contributed by atoms with van der Waals surface area (Å²) in [7, 11) is 0. The van der Waals surface area contributed by atoms with Crippen molar-refractivity contribution in [2.75, 3.05) is 0 Å². The van der Waals surface area contributed by atoms with Crippen LogP contribution < -0.4 is 0 Å². The van der Waals surface area contributed by atoms with Crippen molar-refractivity contribution in [1.29, 1.82) is 0 Å². The second-order valence-electron chi connectivity index (χ2n) is 11.6. The quantitative estimate of drug-likeness (QED) is 0.179. The van der Waals surface area contributed by atoms with Crippen molar-refractivity contribution in [3.63, 3.8) is 0 Å². The standard InChI is InChI=1S/C42H26N6S/c1-5-13-27(14-6-1)37-43-38(28-15-7-2-8-16-28)46-41(45-37)31-21-23-35-33(25-31)34-26-32(22-24-36(34)49-35)42-47-39(29-17-9-3-10-18-29)44-40(48-42)30-19-11-4-12-20-30/h1-26H. The molecule has 9 aromatic rings. The molecule has 0 saturated carbocycles. The van der Waals surface area contributed by atoms with Gasteiger partial charge in [-0.1, -0.05) is 121 Å². The molecule has 6 aromatic carbocycles. The fourth-order valence-corrected chi connectivity index (χ4v) is 7.00. The van der Waals surface area contributed by atoms with Gasteiger partial charge in [-0.25, -0.2) is 29.9 Å². The molecule has 0 radical (unpaired) electrons. The molecule has 3 aromatic heterocycles. The van der Waals surface area contributed by atoms with Crippen LogP contribution in [0.25, 0.3) is 88.5 Å². The zero-order valence-electron chi connectivity index (χ0n) is 26.1. The molecule has 49 heavy (non-hydrogen) atoms. The summed E-state index contributed by atoms with van der Waals surface area (Å²) in [5.41, 5.74) is 5.61. The van der Waals surface area contributed by atoms with Gasteiger partial charge in [0.2, 0.25) is 0 Å². The third-order valence-electron chi connectivity index (χ3n) is 8.38. The van der Waals surface area contributed by atoms with Gasteiger partial charge in [0, 0.05) is 53.6 Å². The Morgan fingerprint density at radius 2 is 0.531 bits per heavy atom. The molecule has 0 fully saturated rings. The lowest BCUT2D eigenvalue weighted by Gasteiger charge is -2.09. The van der Waals surface area contributed by atoms with Gasteiger partial charge in [-0.05, 0) is 36.4 Å². The highest BCUT2D eigenvalue weighted by Crippen LogP contribution is 2.38. The van der Waals surface area contributed by atoms with E-state index in [1.165, 1.54) is 9.40 Å². The van der Waals surface area contributed by atoms with Crippen molar-refractivity contribution in [3.05, 3.63) is 158 Å². The van der Waals surface area contributed by atoms with Gasteiger partial charge in [0.1, 0.15) is 0 Å². The Morgan fingerprint density at radius 3 is 0.816 bits per heavy atom. The topological polar surface area (TPSA) is 77.3 Å². The minimum Gasteiger partial charge on any atom is -0.208 e. The number of hydrogen-bond acceptors (Lipinski definition) is 7. The minimum atomic E-state index is 0.627. The van der Waals surface area contributed by atoms with Crippen molar-refractivity contribution in [1.82, 2.24) is 29.9 Å². The van der Waals surface area contributed by atoms with Gasteiger partial charge in [-0.2, -0.15) is 0 Å². The van der Waals surface area contributed by atoms with E-state index in [0.717, 1.165) is 44.2 Å². The van der Waals surface area contributed by atoms with Gasteiger partial charge in [0.25, 0.3) is 0 Å². The first-order valence-electron chi connectivity index (χ1n) is 16.0. The maximum atomic E-state index is 4.97. The fourth-order valence-electron chi connectivity index (χ4n) is 5.93. The zero-order valence-corrected chi connectivity index (χ0v) is 26.9. The van der Waals surface area contributed by atoms with Gasteiger partial charge in [-0.15, -0.1) is 11.3 Å². The summed E-state index contributed by atoms with van der Waals surface area (Å²) >= 11 is 1.76. The van der Waals surface area contributed by atoms with Crippen molar-refractivity contribution >= 4 is 31.5 Å². The highest BCUT2D eigenvalue weighted by atomic mass is 32.1. The molecule has 0 saturated heterocycles. The Labute approximate surface area is 286 Å². The average Bonchev–Trinajstić information content (AvgIpc) is 3.56. The van der Waals surface area contributed by atoms with Crippen molar-refractivity contribution in [3.8, 4) is 68.3 Å². The van der Waals surface area contributed by atoms with Gasteiger partial charge >= 0.3 is 0 Å². The Kier molecular flexibility index (Phi) is 7.22. The molecule has 7 heteroatoms. The molecule has 0 unspecified atom stereocenters. The molecule has 0 spiro atoms. The molecule has 0 amide bonds. The van der Waals surface area contributed by atoms with Crippen LogP contribution in [0.4, 0.5) is 0 Å². The normalized spacial score (nSPS) is 11.3. The summed E-state index contributed by atoms with van der Waals surface area (Å²) in [6.07, 6.45) is 0. The van der Waals surface area contributed by atoms with E-state index in [0.29, 0.717) is 34.9 Å². The predicted molar refractivity (Wildman–Crippen MR) is 199 cm³/mol. The van der Waals surface area contributed by atoms with Gasteiger partial charge < -0.3 is 0 Å². The average molecular weight is 647 g/mol. The summed E-state index contributed by atoms with van der Waals surface area (Å²) in [4.78, 5) is 29.6. The van der Waals surface area contributed by atoms with E-state index < -0.39 is 0 Å². The van der Waals surface area contributed by atoms with E-state index in [4.69, 9.17) is 29.9 Å². The number of rotatable bonds is 6. The highest BCUT2D eigenvalue weighted by molar-refractivity contribution is 7.25. The first-order valence-corrected chi connectivity index (χ1v) is 16.8. The maximum absolute atomic E-state index is 4.97. The third-order valence-corrected chi connectivity index (χ3v) is 9.54. The summed E-state index contributed by atoms with van der Waals surface area (Å²) in [6.45, 7) is 0. The second kappa shape index (κ2) is 12.3. The van der Waals surface area contributed by atoms with Gasteiger partial charge in [0.05, 0.1) is 0 Å². The zero-order chi connectivity index (χ0) is 32.6. The third kappa shape index (κ3) is 5.62. The molecule has 0 N–H and O–H groups in total. The van der Waals surface area contributed by atoms with Crippen LogP contribution in [-0.4, -0.2) is 29.9 Å². The van der Waals surface area contributed by atoms with Crippen LogP contribution in [0.2, 0.25) is 0 Å². The molecule has 3 heterocycles. The fraction of sp³-hybridized carbons (Fsp3) is 0. The minimum absolute atomic E-state index is 0.627. The van der Waals surface area contributed by atoms with E-state index in [-0.39, 0.29) is 0 Å². The molecular weight excluding hydrogens is 621 g/mol. The van der Waals surface area contributed by atoms with Crippen LogP contribution in [0.5, 0.6) is 0 Å². The Hall–Kier alpha value is -6.44. The van der Waals surface area contributed by atoms with Crippen molar-refractivity contribution in [2.45, 2.75) is 0 Å². The Balaban J connectivity index is 1.19. The van der Waals surface area contributed by atoms with Gasteiger partial charge in [-0.3, -0.25) is 0 Å². The SMILES string of the molecule is c1ccc(-c2nc(-c3ccccc3)nc(-c3ccc4sc5ccc(-c6nc(-c7ccccc7)nc(-c7ccccc7)n6)cc5c4c3)n2)cc1. The highest BCUT2D eigenvalue weighted by Gasteiger charge is 2.16. The summed E-state index contributed by atoms with van der Waals surface area (Å²) < 4.78 is 2.37. The van der Waals surface area contributed by atoms with Crippen LogP contribution >= 0.6 is 11.3 Å². The summed E-state index contributed by atoms with van der Waals surface area (Å²) in [6, 6.07) is 53.1. The maximum Gasteiger partial charge on any atom is 0.164 e. The number of thiophene rings is 1. The largest absolute Gasteiger partial charge is 0.208 e. The van der Waals surface area contributed by atoms with Crippen LogP contribution in [-0.2, 0) is 0 Å². The molecule has 0 aliphatic carbocycles. The molecular formula is C42H26N6S. The lowest BCUT2D eigenvalue weighted by atomic mass is 10.1. The lowest BCUT2D eigenvalue weighted by Crippen LogP contribution is -2.00. The van der Waals surface area contributed by atoms with E-state index in [1.807, 2.05) is 121 Å². The number of hydrogen-bond donors (Lipinski definition) is 0. The van der Waals surface area contributed by atoms with E-state index in [2.05, 4.69) is 36.4 Å². The summed E-state index contributed by atoms with van der Waals surface area (Å²) in [5, 5.41) is 2.26. The molecule has 0 atom stereocenters. The van der Waals surface area contributed by atoms with E-state index in [9.17, 15) is 0 Å². The van der Waals surface area contributed by atoms with Gasteiger partial charge in [0.15, 0.2) is 34.9 Å². The lowest BCUT2D eigenvalue weighted by molar-refractivity contribution is 1.07. The van der Waals surface area contributed by atoms with Crippen LogP contribution in [0, 0.1) is 0 Å². The van der Waals surface area contributed by atoms with E-state index in [1.54, 1.807) is 11.3 Å². The predicted octanol–water partition coefficient (Wildman–Crippen LogP) is 10.4. The second-order valence-corrected chi connectivity index (χ2v) is 12.7. The molecule has 9 rings (SSSR count).